The van der Waals surface area contributed by atoms with Crippen LogP contribution in [0.5, 0.6) is 0 Å². The number of carbonyl (C=O) groups excluding carboxylic acids is 1. The van der Waals surface area contributed by atoms with Crippen LogP contribution in [0.15, 0.2) is 24.3 Å². The summed E-state index contributed by atoms with van der Waals surface area (Å²) in [6, 6.07) is 0. The van der Waals surface area contributed by atoms with Gasteiger partial charge in [0.2, 0.25) is 11.9 Å². The average molecular weight is 543 g/mol. The lowest BCUT2D eigenvalue weighted by atomic mass is 9.81. The highest BCUT2D eigenvalue weighted by molar-refractivity contribution is 5.76. The van der Waals surface area contributed by atoms with Gasteiger partial charge in [-0.25, -0.2) is 4.79 Å². The van der Waals surface area contributed by atoms with Crippen LogP contribution in [0.1, 0.15) is 79.6 Å². The third-order valence-electron chi connectivity index (χ3n) is 7.40. The predicted octanol–water partition coefficient (Wildman–Crippen LogP) is 4.25. The van der Waals surface area contributed by atoms with Crippen LogP contribution in [0.25, 0.3) is 0 Å². The Morgan fingerprint density at radius 3 is 2.32 bits per heavy atom. The fourth-order valence-corrected chi connectivity index (χ4v) is 5.12. The SMILES string of the molecule is COCO[C@@H](CC/C=C/C=C/CC[C@H](C)O)CC(O)[C@H](C)[C@@H]1CC[C@@H](C)C2(O1)OC(C)(C)OC2C(=O)OC. The summed E-state index contributed by atoms with van der Waals surface area (Å²) in [6.07, 6.45) is 10.6. The zero-order valence-electron chi connectivity index (χ0n) is 24.3. The van der Waals surface area contributed by atoms with Gasteiger partial charge < -0.3 is 38.6 Å². The normalized spacial score (nSPS) is 30.6. The van der Waals surface area contributed by atoms with Gasteiger partial charge in [-0.2, -0.15) is 0 Å². The van der Waals surface area contributed by atoms with Gasteiger partial charge in [-0.05, 0) is 65.7 Å². The molecular weight excluding hydrogens is 492 g/mol. The quantitative estimate of drug-likeness (QED) is 0.178. The van der Waals surface area contributed by atoms with E-state index in [1.54, 1.807) is 27.9 Å². The van der Waals surface area contributed by atoms with Crippen molar-refractivity contribution in [2.45, 2.75) is 122 Å². The van der Waals surface area contributed by atoms with Crippen molar-refractivity contribution in [2.24, 2.45) is 11.8 Å². The van der Waals surface area contributed by atoms with Crippen molar-refractivity contribution in [3.63, 3.8) is 0 Å². The van der Waals surface area contributed by atoms with Crippen LogP contribution < -0.4 is 0 Å². The Balaban J connectivity index is 1.99. The van der Waals surface area contributed by atoms with E-state index in [0.29, 0.717) is 6.42 Å². The summed E-state index contributed by atoms with van der Waals surface area (Å²) in [5, 5.41) is 20.5. The van der Waals surface area contributed by atoms with Crippen molar-refractivity contribution in [1.82, 2.24) is 0 Å². The second kappa shape index (κ2) is 15.5. The molecule has 0 amide bonds. The summed E-state index contributed by atoms with van der Waals surface area (Å²) in [7, 11) is 2.90. The number of ether oxygens (including phenoxy) is 6. The van der Waals surface area contributed by atoms with Crippen LogP contribution in [-0.2, 0) is 33.2 Å². The van der Waals surface area contributed by atoms with Gasteiger partial charge in [-0.3, -0.25) is 0 Å². The molecule has 0 aromatic carbocycles. The minimum atomic E-state index is -1.27. The molecule has 0 bridgehead atoms. The predicted molar refractivity (Wildman–Crippen MR) is 143 cm³/mol. The van der Waals surface area contributed by atoms with Gasteiger partial charge in [-0.15, -0.1) is 0 Å². The lowest BCUT2D eigenvalue weighted by molar-refractivity contribution is -0.321. The maximum Gasteiger partial charge on any atom is 0.340 e. The molecule has 8 atom stereocenters. The molecule has 2 N–H and O–H groups in total. The molecule has 0 radical (unpaired) electrons. The fraction of sp³-hybridized carbons (Fsp3) is 0.828. The molecule has 1 spiro atoms. The molecule has 220 valence electrons. The molecule has 9 nitrogen and oxygen atoms in total. The second-order valence-electron chi connectivity index (χ2n) is 11.1. The Morgan fingerprint density at radius 1 is 1.05 bits per heavy atom. The van der Waals surface area contributed by atoms with E-state index >= 15 is 0 Å². The van der Waals surface area contributed by atoms with E-state index in [2.05, 4.69) is 6.08 Å². The number of hydrogen-bond acceptors (Lipinski definition) is 9. The smallest absolute Gasteiger partial charge is 0.340 e. The van der Waals surface area contributed by atoms with E-state index < -0.39 is 29.8 Å². The highest BCUT2D eigenvalue weighted by Crippen LogP contribution is 2.49. The minimum Gasteiger partial charge on any atom is -0.467 e. The third kappa shape index (κ3) is 9.40. The summed E-state index contributed by atoms with van der Waals surface area (Å²) in [5.41, 5.74) is 0. The first-order chi connectivity index (χ1) is 18.0. The molecule has 0 aliphatic carbocycles. The number of carbonyl (C=O) groups is 1. The number of methoxy groups -OCH3 is 2. The van der Waals surface area contributed by atoms with E-state index in [1.165, 1.54) is 7.11 Å². The Hall–Kier alpha value is -1.33. The van der Waals surface area contributed by atoms with Crippen molar-refractivity contribution < 1.29 is 43.4 Å². The molecule has 3 unspecified atom stereocenters. The van der Waals surface area contributed by atoms with Crippen molar-refractivity contribution in [3.05, 3.63) is 24.3 Å². The number of rotatable bonds is 15. The van der Waals surface area contributed by atoms with Gasteiger partial charge in [0.1, 0.15) is 6.79 Å². The molecule has 2 saturated heterocycles. The van der Waals surface area contributed by atoms with E-state index in [9.17, 15) is 15.0 Å². The Labute approximate surface area is 228 Å². The lowest BCUT2D eigenvalue weighted by Crippen LogP contribution is -2.58. The van der Waals surface area contributed by atoms with Gasteiger partial charge >= 0.3 is 5.97 Å². The standard InChI is InChI=1S/C29H50O9/c1-20-16-17-25(36-29(20)26(27(32)34-7)37-28(4,5)38-29)22(3)24(31)18-23(35-19-33-6)15-13-11-9-8-10-12-14-21(2)30/h8-11,20-26,30-31H,12-19H2,1-7H3/b10-8+,11-9+/t20-,21+,22+,23+,24?,25+,26?,29?/m1/s1. The van der Waals surface area contributed by atoms with Gasteiger partial charge in [0.15, 0.2) is 5.79 Å². The maximum atomic E-state index is 12.6. The zero-order valence-corrected chi connectivity index (χ0v) is 24.3. The van der Waals surface area contributed by atoms with Crippen molar-refractivity contribution >= 4 is 5.97 Å². The molecule has 2 fully saturated rings. The van der Waals surface area contributed by atoms with Crippen molar-refractivity contribution in [3.8, 4) is 0 Å². The molecule has 9 heteroatoms. The van der Waals surface area contributed by atoms with Gasteiger partial charge in [0.05, 0.1) is 31.5 Å². The fourth-order valence-electron chi connectivity index (χ4n) is 5.12. The number of aliphatic hydroxyl groups excluding tert-OH is 2. The van der Waals surface area contributed by atoms with Crippen LogP contribution in [0, 0.1) is 11.8 Å². The molecule has 2 aliphatic heterocycles. The van der Waals surface area contributed by atoms with Crippen LogP contribution >= 0.6 is 0 Å². The number of esters is 1. The second-order valence-corrected chi connectivity index (χ2v) is 11.1. The third-order valence-corrected chi connectivity index (χ3v) is 7.40. The average Bonchev–Trinajstić information content (AvgIpc) is 3.15. The monoisotopic (exact) mass is 542 g/mol. The van der Waals surface area contributed by atoms with Crippen LogP contribution in [0.4, 0.5) is 0 Å². The highest BCUT2D eigenvalue weighted by Gasteiger charge is 2.63. The summed E-state index contributed by atoms with van der Waals surface area (Å²) in [5.74, 6) is -3.14. The van der Waals surface area contributed by atoms with E-state index in [4.69, 9.17) is 28.4 Å². The molecule has 2 aliphatic rings. The Bertz CT molecular complexity index is 765. The van der Waals surface area contributed by atoms with E-state index in [1.807, 2.05) is 32.1 Å². The molecule has 0 aromatic rings. The molecule has 0 aromatic heterocycles. The highest BCUT2D eigenvalue weighted by atomic mass is 16.8. The zero-order chi connectivity index (χ0) is 28.3. The summed E-state index contributed by atoms with van der Waals surface area (Å²) >= 11 is 0. The molecule has 38 heavy (non-hydrogen) atoms. The van der Waals surface area contributed by atoms with E-state index in [-0.39, 0.29) is 36.9 Å². The molecule has 0 saturated carbocycles. The topological polar surface area (TPSA) is 113 Å². The van der Waals surface area contributed by atoms with Crippen LogP contribution in [0.2, 0.25) is 0 Å². The van der Waals surface area contributed by atoms with E-state index in [0.717, 1.165) is 38.5 Å². The van der Waals surface area contributed by atoms with Crippen LogP contribution in [0.3, 0.4) is 0 Å². The summed E-state index contributed by atoms with van der Waals surface area (Å²) < 4.78 is 34.6. The summed E-state index contributed by atoms with van der Waals surface area (Å²) in [6.45, 7) is 9.40. The number of aliphatic hydroxyl groups is 2. The number of allylic oxidation sites excluding steroid dienone is 4. The largest absolute Gasteiger partial charge is 0.467 e. The maximum absolute atomic E-state index is 12.6. The number of hydrogen-bond donors (Lipinski definition) is 2. The first-order valence-electron chi connectivity index (χ1n) is 13.9. The molecule has 2 rings (SSSR count). The first-order valence-corrected chi connectivity index (χ1v) is 13.9. The Morgan fingerprint density at radius 2 is 1.71 bits per heavy atom. The molecule has 2 heterocycles. The van der Waals surface area contributed by atoms with Gasteiger partial charge in [-0.1, -0.05) is 38.2 Å². The Kier molecular flexibility index (Phi) is 13.4. The van der Waals surface area contributed by atoms with Gasteiger partial charge in [0.25, 0.3) is 0 Å². The van der Waals surface area contributed by atoms with Gasteiger partial charge in [0, 0.05) is 18.9 Å². The lowest BCUT2D eigenvalue weighted by Gasteiger charge is -2.46. The van der Waals surface area contributed by atoms with Crippen molar-refractivity contribution in [2.75, 3.05) is 21.0 Å². The first kappa shape index (κ1) is 32.9. The molecular formula is C29H50O9. The van der Waals surface area contributed by atoms with Crippen LogP contribution in [-0.4, -0.2) is 79.3 Å². The minimum absolute atomic E-state index is 0.0976. The van der Waals surface area contributed by atoms with Crippen molar-refractivity contribution in [1.29, 1.82) is 0 Å². The summed E-state index contributed by atoms with van der Waals surface area (Å²) in [4.78, 5) is 12.6.